The van der Waals surface area contributed by atoms with Crippen molar-refractivity contribution >= 4 is 11.9 Å². The van der Waals surface area contributed by atoms with Gasteiger partial charge in [-0.25, -0.2) is 4.79 Å². The van der Waals surface area contributed by atoms with E-state index in [9.17, 15) is 9.59 Å². The maximum Gasteiger partial charge on any atom is 0.328 e. The number of esters is 1. The van der Waals surface area contributed by atoms with Crippen molar-refractivity contribution in [3.63, 3.8) is 0 Å². The van der Waals surface area contributed by atoms with Crippen LogP contribution in [0, 0.1) is 11.8 Å². The fourth-order valence-electron chi connectivity index (χ4n) is 1.32. The van der Waals surface area contributed by atoms with E-state index >= 15 is 0 Å². The predicted octanol–water partition coefficient (Wildman–Crippen LogP) is 0.156. The van der Waals surface area contributed by atoms with Crippen molar-refractivity contribution in [2.45, 2.75) is 26.8 Å². The zero-order valence-electron chi connectivity index (χ0n) is 10.7. The number of hydrogen-bond donors (Lipinski definition) is 2. The Morgan fingerprint density at radius 3 is 2.19 bits per heavy atom. The lowest BCUT2D eigenvalue weighted by molar-refractivity contribution is -0.146. The monoisotopic (exact) mass is 230 g/mol. The van der Waals surface area contributed by atoms with Gasteiger partial charge >= 0.3 is 5.97 Å². The standard InChI is InChI=1S/C11H22N2O3/c1-7(2)9(11(15)16-5)13-10(14)8(3)6-12-4/h7-9,12H,6H2,1-5H3,(H,13,14). The average molecular weight is 230 g/mol. The van der Waals surface area contributed by atoms with Crippen LogP contribution in [0.15, 0.2) is 0 Å². The van der Waals surface area contributed by atoms with E-state index in [1.807, 2.05) is 13.8 Å². The van der Waals surface area contributed by atoms with Crippen LogP contribution in [0.3, 0.4) is 0 Å². The molecule has 0 saturated heterocycles. The van der Waals surface area contributed by atoms with E-state index in [1.165, 1.54) is 7.11 Å². The second kappa shape index (κ2) is 7.22. The first-order chi connectivity index (χ1) is 7.43. The molecule has 94 valence electrons. The summed E-state index contributed by atoms with van der Waals surface area (Å²) in [4.78, 5) is 23.1. The SMILES string of the molecule is CNCC(C)C(=O)NC(C(=O)OC)C(C)C. The van der Waals surface area contributed by atoms with Crippen LogP contribution in [0.1, 0.15) is 20.8 Å². The lowest BCUT2D eigenvalue weighted by atomic mass is 10.0. The lowest BCUT2D eigenvalue weighted by Crippen LogP contribution is -2.48. The third-order valence-electron chi connectivity index (χ3n) is 2.38. The second-order valence-corrected chi connectivity index (χ2v) is 4.21. The molecule has 0 rings (SSSR count). The van der Waals surface area contributed by atoms with Crippen LogP contribution in [-0.4, -0.2) is 38.6 Å². The second-order valence-electron chi connectivity index (χ2n) is 4.21. The number of ether oxygens (including phenoxy) is 1. The minimum Gasteiger partial charge on any atom is -0.467 e. The molecule has 0 fully saturated rings. The highest BCUT2D eigenvalue weighted by atomic mass is 16.5. The average Bonchev–Trinajstić information content (AvgIpc) is 2.24. The molecule has 2 unspecified atom stereocenters. The highest BCUT2D eigenvalue weighted by Gasteiger charge is 2.26. The molecular formula is C11H22N2O3. The van der Waals surface area contributed by atoms with Crippen LogP contribution in [0.5, 0.6) is 0 Å². The molecule has 0 aromatic rings. The summed E-state index contributed by atoms with van der Waals surface area (Å²) in [5.41, 5.74) is 0. The Hall–Kier alpha value is -1.10. The van der Waals surface area contributed by atoms with Crippen molar-refractivity contribution in [3.05, 3.63) is 0 Å². The van der Waals surface area contributed by atoms with Gasteiger partial charge in [0.05, 0.1) is 7.11 Å². The van der Waals surface area contributed by atoms with Gasteiger partial charge < -0.3 is 15.4 Å². The van der Waals surface area contributed by atoms with Crippen molar-refractivity contribution < 1.29 is 14.3 Å². The topological polar surface area (TPSA) is 67.4 Å². The summed E-state index contributed by atoms with van der Waals surface area (Å²) in [7, 11) is 3.10. The van der Waals surface area contributed by atoms with Crippen LogP contribution in [0.2, 0.25) is 0 Å². The van der Waals surface area contributed by atoms with E-state index < -0.39 is 12.0 Å². The molecule has 1 amide bonds. The van der Waals surface area contributed by atoms with E-state index in [1.54, 1.807) is 14.0 Å². The molecule has 2 N–H and O–H groups in total. The van der Waals surface area contributed by atoms with Gasteiger partial charge in [-0.2, -0.15) is 0 Å². The van der Waals surface area contributed by atoms with Crippen LogP contribution < -0.4 is 10.6 Å². The van der Waals surface area contributed by atoms with Crippen molar-refractivity contribution in [3.8, 4) is 0 Å². The Kier molecular flexibility index (Phi) is 6.72. The molecule has 0 bridgehead atoms. The van der Waals surface area contributed by atoms with Gasteiger partial charge in [0.1, 0.15) is 6.04 Å². The molecule has 5 heteroatoms. The minimum absolute atomic E-state index is 0.0122. The number of amides is 1. The number of carbonyl (C=O) groups excluding carboxylic acids is 2. The van der Waals surface area contributed by atoms with Gasteiger partial charge in [-0.1, -0.05) is 20.8 Å². The molecule has 0 aliphatic carbocycles. The molecule has 0 aromatic heterocycles. The Bertz CT molecular complexity index is 241. The summed E-state index contributed by atoms with van der Waals surface area (Å²) in [5.74, 6) is -0.701. The van der Waals surface area contributed by atoms with Crippen molar-refractivity contribution in [2.75, 3.05) is 20.7 Å². The number of hydrogen-bond acceptors (Lipinski definition) is 4. The molecule has 0 aromatic carbocycles. The normalized spacial score (nSPS) is 14.4. The minimum atomic E-state index is -0.572. The van der Waals surface area contributed by atoms with E-state index in [0.29, 0.717) is 6.54 Å². The summed E-state index contributed by atoms with van der Waals surface area (Å²) in [6.07, 6.45) is 0. The molecule has 0 radical (unpaired) electrons. The summed E-state index contributed by atoms with van der Waals surface area (Å²) >= 11 is 0. The molecule has 0 spiro atoms. The zero-order valence-corrected chi connectivity index (χ0v) is 10.7. The largest absolute Gasteiger partial charge is 0.467 e. The van der Waals surface area contributed by atoms with Crippen LogP contribution in [-0.2, 0) is 14.3 Å². The molecule has 0 aliphatic heterocycles. The molecule has 0 saturated carbocycles. The van der Waals surface area contributed by atoms with E-state index in [-0.39, 0.29) is 17.7 Å². The molecule has 2 atom stereocenters. The van der Waals surface area contributed by atoms with Gasteiger partial charge in [-0.15, -0.1) is 0 Å². The van der Waals surface area contributed by atoms with Gasteiger partial charge in [0.25, 0.3) is 0 Å². The van der Waals surface area contributed by atoms with Crippen LogP contribution in [0.4, 0.5) is 0 Å². The van der Waals surface area contributed by atoms with E-state index in [0.717, 1.165) is 0 Å². The highest BCUT2D eigenvalue weighted by Crippen LogP contribution is 2.05. The van der Waals surface area contributed by atoms with Crippen molar-refractivity contribution in [2.24, 2.45) is 11.8 Å². The first-order valence-corrected chi connectivity index (χ1v) is 5.46. The maximum absolute atomic E-state index is 11.7. The summed E-state index contributed by atoms with van der Waals surface area (Å²) in [6.45, 7) is 6.12. The summed E-state index contributed by atoms with van der Waals surface area (Å²) in [6, 6.07) is -0.572. The van der Waals surface area contributed by atoms with Crippen molar-refractivity contribution in [1.82, 2.24) is 10.6 Å². The summed E-state index contributed by atoms with van der Waals surface area (Å²) in [5, 5.41) is 5.62. The number of nitrogens with one attached hydrogen (secondary N) is 2. The predicted molar refractivity (Wildman–Crippen MR) is 61.9 cm³/mol. The molecule has 5 nitrogen and oxygen atoms in total. The number of rotatable bonds is 6. The molecular weight excluding hydrogens is 208 g/mol. The fourth-order valence-corrected chi connectivity index (χ4v) is 1.32. The Balaban J connectivity index is 4.40. The quantitative estimate of drug-likeness (QED) is 0.638. The first kappa shape index (κ1) is 14.9. The van der Waals surface area contributed by atoms with Gasteiger partial charge in [0.15, 0.2) is 0 Å². The van der Waals surface area contributed by atoms with Gasteiger partial charge in [0.2, 0.25) is 5.91 Å². The first-order valence-electron chi connectivity index (χ1n) is 5.46. The summed E-state index contributed by atoms with van der Waals surface area (Å²) < 4.78 is 4.64. The third-order valence-corrected chi connectivity index (χ3v) is 2.38. The fraction of sp³-hybridized carbons (Fsp3) is 0.818. The maximum atomic E-state index is 11.7. The number of methoxy groups -OCH3 is 1. The lowest BCUT2D eigenvalue weighted by Gasteiger charge is -2.21. The van der Waals surface area contributed by atoms with E-state index in [2.05, 4.69) is 15.4 Å². The third kappa shape index (κ3) is 4.61. The van der Waals surface area contributed by atoms with Gasteiger partial charge in [0, 0.05) is 12.5 Å². The Morgan fingerprint density at radius 1 is 1.25 bits per heavy atom. The number of carbonyl (C=O) groups is 2. The van der Waals surface area contributed by atoms with Crippen molar-refractivity contribution in [1.29, 1.82) is 0 Å². The van der Waals surface area contributed by atoms with E-state index in [4.69, 9.17) is 0 Å². The molecule has 0 heterocycles. The van der Waals surface area contributed by atoms with Crippen LogP contribution >= 0.6 is 0 Å². The zero-order chi connectivity index (χ0) is 12.7. The Morgan fingerprint density at radius 2 is 1.81 bits per heavy atom. The van der Waals surface area contributed by atoms with Crippen LogP contribution in [0.25, 0.3) is 0 Å². The molecule has 0 aliphatic rings. The Labute approximate surface area is 96.9 Å². The molecule has 16 heavy (non-hydrogen) atoms. The van der Waals surface area contributed by atoms with Gasteiger partial charge in [-0.3, -0.25) is 4.79 Å². The van der Waals surface area contributed by atoms with Gasteiger partial charge in [-0.05, 0) is 13.0 Å². The smallest absolute Gasteiger partial charge is 0.328 e. The highest BCUT2D eigenvalue weighted by molar-refractivity contribution is 5.85.